The number of nitrogens with one attached hydrogen (secondary N) is 1. The van der Waals surface area contributed by atoms with Gasteiger partial charge in [-0.2, -0.15) is 0 Å². The molecule has 1 aromatic carbocycles. The number of anilines is 1. The van der Waals surface area contributed by atoms with E-state index in [9.17, 15) is 4.79 Å². The number of methoxy groups -OCH3 is 1. The number of hydrogen-bond donors (Lipinski definition) is 2. The van der Waals surface area contributed by atoms with E-state index in [0.29, 0.717) is 12.3 Å². The minimum absolute atomic E-state index is 0.0623. The monoisotopic (exact) mass is 261 g/mol. The van der Waals surface area contributed by atoms with E-state index in [2.05, 4.69) is 5.32 Å². The zero-order valence-corrected chi connectivity index (χ0v) is 10.8. The molecule has 5 nitrogen and oxygen atoms in total. The Labute approximate surface area is 110 Å². The molecule has 0 bridgehead atoms. The molecule has 19 heavy (non-hydrogen) atoms. The van der Waals surface area contributed by atoms with Crippen LogP contribution >= 0.6 is 0 Å². The number of aromatic carboxylic acids is 1. The van der Waals surface area contributed by atoms with Gasteiger partial charge in [-0.05, 0) is 36.8 Å². The Kier molecular flexibility index (Phi) is 3.75. The van der Waals surface area contributed by atoms with Crippen molar-refractivity contribution in [2.75, 3.05) is 12.4 Å². The second-order valence-electron chi connectivity index (χ2n) is 4.13. The lowest BCUT2D eigenvalue weighted by atomic mass is 10.2. The zero-order chi connectivity index (χ0) is 13.8. The van der Waals surface area contributed by atoms with Crippen LogP contribution < -0.4 is 10.1 Å². The molecule has 2 N–H and O–H groups in total. The van der Waals surface area contributed by atoms with Crippen LogP contribution in [0.1, 0.15) is 21.9 Å². The zero-order valence-electron chi connectivity index (χ0n) is 10.8. The van der Waals surface area contributed by atoms with Crippen LogP contribution in [0.4, 0.5) is 5.69 Å². The highest BCUT2D eigenvalue weighted by Crippen LogP contribution is 2.25. The van der Waals surface area contributed by atoms with Crippen LogP contribution in [0.3, 0.4) is 0 Å². The van der Waals surface area contributed by atoms with Gasteiger partial charge in [0.25, 0.3) is 0 Å². The molecular weight excluding hydrogens is 246 g/mol. The normalized spacial score (nSPS) is 10.2. The van der Waals surface area contributed by atoms with Gasteiger partial charge in [-0.1, -0.05) is 6.07 Å². The maximum absolute atomic E-state index is 10.7. The molecule has 5 heteroatoms. The molecule has 0 saturated carbocycles. The van der Waals surface area contributed by atoms with Gasteiger partial charge in [-0.25, -0.2) is 4.79 Å². The summed E-state index contributed by atoms with van der Waals surface area (Å²) in [5, 5.41) is 11.9. The van der Waals surface area contributed by atoms with Gasteiger partial charge < -0.3 is 19.6 Å². The summed E-state index contributed by atoms with van der Waals surface area (Å²) in [7, 11) is 1.61. The minimum atomic E-state index is -1.07. The van der Waals surface area contributed by atoms with Crippen molar-refractivity contribution in [1.29, 1.82) is 0 Å². The van der Waals surface area contributed by atoms with Crippen molar-refractivity contribution >= 4 is 11.7 Å². The molecule has 0 unspecified atom stereocenters. The Bertz CT molecular complexity index is 589. The summed E-state index contributed by atoms with van der Waals surface area (Å²) in [4.78, 5) is 10.7. The first-order chi connectivity index (χ1) is 9.10. The van der Waals surface area contributed by atoms with Crippen LogP contribution in [-0.4, -0.2) is 18.2 Å². The summed E-state index contributed by atoms with van der Waals surface area (Å²) in [6.45, 7) is 2.38. The van der Waals surface area contributed by atoms with Crippen LogP contribution in [0.5, 0.6) is 5.75 Å². The lowest BCUT2D eigenvalue weighted by Gasteiger charge is -2.10. The van der Waals surface area contributed by atoms with Crippen molar-refractivity contribution in [1.82, 2.24) is 0 Å². The summed E-state index contributed by atoms with van der Waals surface area (Å²) in [6, 6.07) is 8.88. The molecule has 2 aromatic rings. The number of aryl methyl sites for hydroxylation is 1. The number of hydrogen-bond acceptors (Lipinski definition) is 4. The fraction of sp³-hybridized carbons (Fsp3) is 0.214. The van der Waals surface area contributed by atoms with Gasteiger partial charge in [0.1, 0.15) is 11.5 Å². The van der Waals surface area contributed by atoms with Gasteiger partial charge in [-0.3, -0.25) is 0 Å². The van der Waals surface area contributed by atoms with Gasteiger partial charge in [0.15, 0.2) is 0 Å². The smallest absolute Gasteiger partial charge is 0.371 e. The molecule has 2 rings (SSSR count). The molecule has 0 fully saturated rings. The average Bonchev–Trinajstić information content (AvgIpc) is 2.86. The average molecular weight is 261 g/mol. The van der Waals surface area contributed by atoms with Crippen LogP contribution in [0.2, 0.25) is 0 Å². The second kappa shape index (κ2) is 5.48. The summed E-state index contributed by atoms with van der Waals surface area (Å²) < 4.78 is 10.4. The van der Waals surface area contributed by atoms with Gasteiger partial charge >= 0.3 is 5.97 Å². The first-order valence-corrected chi connectivity index (χ1v) is 5.80. The van der Waals surface area contributed by atoms with E-state index >= 15 is 0 Å². The van der Waals surface area contributed by atoms with Crippen LogP contribution in [0, 0.1) is 6.92 Å². The predicted molar refractivity (Wildman–Crippen MR) is 70.7 cm³/mol. The lowest BCUT2D eigenvalue weighted by molar-refractivity contribution is 0.0660. The summed E-state index contributed by atoms with van der Waals surface area (Å²) in [6.07, 6.45) is 0. The molecule has 0 aliphatic carbocycles. The van der Waals surface area contributed by atoms with Gasteiger partial charge in [0, 0.05) is 0 Å². The van der Waals surface area contributed by atoms with E-state index in [1.165, 1.54) is 6.07 Å². The lowest BCUT2D eigenvalue weighted by Crippen LogP contribution is -2.01. The minimum Gasteiger partial charge on any atom is -0.495 e. The summed E-state index contributed by atoms with van der Waals surface area (Å²) in [5.41, 5.74) is 1.94. The fourth-order valence-electron chi connectivity index (χ4n) is 1.71. The number of carbonyl (C=O) groups is 1. The Morgan fingerprint density at radius 1 is 1.37 bits per heavy atom. The number of rotatable bonds is 5. The Morgan fingerprint density at radius 3 is 2.79 bits per heavy atom. The summed E-state index contributed by atoms with van der Waals surface area (Å²) >= 11 is 0. The first-order valence-electron chi connectivity index (χ1n) is 5.80. The molecule has 0 aliphatic rings. The Balaban J connectivity index is 2.07. The maximum atomic E-state index is 10.7. The highest BCUT2D eigenvalue weighted by Gasteiger charge is 2.09. The van der Waals surface area contributed by atoms with Gasteiger partial charge in [0.2, 0.25) is 5.76 Å². The number of benzene rings is 1. The topological polar surface area (TPSA) is 71.7 Å². The van der Waals surface area contributed by atoms with Crippen LogP contribution in [0.25, 0.3) is 0 Å². The van der Waals surface area contributed by atoms with Crippen molar-refractivity contribution in [2.45, 2.75) is 13.5 Å². The Hall–Kier alpha value is -2.43. The number of carboxylic acids is 1. The standard InChI is InChI=1S/C14H15NO4/c1-9-3-5-11(13(7-9)18-2)15-8-10-4-6-12(19-10)14(16)17/h3-7,15H,8H2,1-2H3,(H,16,17). The van der Waals surface area contributed by atoms with E-state index in [1.54, 1.807) is 13.2 Å². The third kappa shape index (κ3) is 3.07. The molecule has 0 amide bonds. The fourth-order valence-corrected chi connectivity index (χ4v) is 1.71. The van der Waals surface area contributed by atoms with Crippen molar-refractivity contribution in [3.05, 3.63) is 47.4 Å². The number of ether oxygens (including phenoxy) is 1. The van der Waals surface area contributed by atoms with Crippen molar-refractivity contribution in [2.24, 2.45) is 0 Å². The number of carboxylic acid groups (broad SMARTS) is 1. The van der Waals surface area contributed by atoms with Crippen molar-refractivity contribution < 1.29 is 19.1 Å². The molecule has 0 aliphatic heterocycles. The Morgan fingerprint density at radius 2 is 2.16 bits per heavy atom. The number of furan rings is 1. The molecule has 0 atom stereocenters. The van der Waals surface area contributed by atoms with Gasteiger partial charge in [-0.15, -0.1) is 0 Å². The largest absolute Gasteiger partial charge is 0.495 e. The predicted octanol–water partition coefficient (Wildman–Crippen LogP) is 2.91. The molecule has 100 valence electrons. The molecule has 0 saturated heterocycles. The maximum Gasteiger partial charge on any atom is 0.371 e. The quantitative estimate of drug-likeness (QED) is 0.865. The summed E-state index contributed by atoms with van der Waals surface area (Å²) in [5.74, 6) is 0.164. The van der Waals surface area contributed by atoms with Crippen molar-refractivity contribution in [3.8, 4) is 5.75 Å². The molecule has 0 radical (unpaired) electrons. The van der Waals surface area contributed by atoms with E-state index in [-0.39, 0.29) is 5.76 Å². The highest BCUT2D eigenvalue weighted by atomic mass is 16.5. The molecule has 0 spiro atoms. The van der Waals surface area contributed by atoms with E-state index in [4.69, 9.17) is 14.3 Å². The third-order valence-corrected chi connectivity index (χ3v) is 2.68. The van der Waals surface area contributed by atoms with E-state index in [1.807, 2.05) is 25.1 Å². The molecular formula is C14H15NO4. The van der Waals surface area contributed by atoms with Crippen LogP contribution in [-0.2, 0) is 6.54 Å². The second-order valence-corrected chi connectivity index (χ2v) is 4.13. The molecule has 1 heterocycles. The first kappa shape index (κ1) is 13.0. The van der Waals surface area contributed by atoms with Crippen LogP contribution in [0.15, 0.2) is 34.7 Å². The van der Waals surface area contributed by atoms with E-state index in [0.717, 1.165) is 17.0 Å². The highest BCUT2D eigenvalue weighted by molar-refractivity contribution is 5.84. The third-order valence-electron chi connectivity index (χ3n) is 2.68. The molecule has 1 aromatic heterocycles. The van der Waals surface area contributed by atoms with Gasteiger partial charge in [0.05, 0.1) is 19.3 Å². The SMILES string of the molecule is COc1cc(C)ccc1NCc1ccc(C(=O)O)o1. The van der Waals surface area contributed by atoms with E-state index < -0.39 is 5.97 Å². The van der Waals surface area contributed by atoms with Crippen molar-refractivity contribution in [3.63, 3.8) is 0 Å².